The van der Waals surface area contributed by atoms with Crippen LogP contribution in [0.15, 0.2) is 22.7 Å². The van der Waals surface area contributed by atoms with E-state index in [-0.39, 0.29) is 0 Å². The summed E-state index contributed by atoms with van der Waals surface area (Å²) in [4.78, 5) is 0. The van der Waals surface area contributed by atoms with Crippen LogP contribution in [-0.4, -0.2) is 16.8 Å². The molecule has 104 valence electrons. The molecule has 0 bridgehead atoms. The second kappa shape index (κ2) is 4.45. The van der Waals surface area contributed by atoms with Crippen LogP contribution in [0.4, 0.5) is 5.82 Å². The number of ether oxygens (including phenoxy) is 1. The van der Waals surface area contributed by atoms with Gasteiger partial charge in [0.05, 0.1) is 23.2 Å². The molecule has 0 radical (unpaired) electrons. The number of nitrogens with zero attached hydrogens (tertiary/aromatic N) is 2. The summed E-state index contributed by atoms with van der Waals surface area (Å²) < 4.78 is 12.7. The Morgan fingerprint density at radius 2 is 2.15 bits per heavy atom. The zero-order chi connectivity index (χ0) is 14.4. The second-order valence-electron chi connectivity index (χ2n) is 4.61. The Bertz CT molecular complexity index is 804. The largest absolute Gasteiger partial charge is 0.495 e. The molecular formula is C14H14ClN3O2. The maximum absolute atomic E-state index is 6.37. The SMILES string of the molecule is COc1ccc(Cl)c2c(-c3cc(N)no3)c(C)n(C)c12. The van der Waals surface area contributed by atoms with Gasteiger partial charge < -0.3 is 19.6 Å². The van der Waals surface area contributed by atoms with Crippen molar-refractivity contribution in [3.63, 3.8) is 0 Å². The number of halogens is 1. The average molecular weight is 292 g/mol. The summed E-state index contributed by atoms with van der Waals surface area (Å²) in [7, 11) is 3.59. The number of aryl methyl sites for hydroxylation is 1. The van der Waals surface area contributed by atoms with Crippen molar-refractivity contribution < 1.29 is 9.26 Å². The first kappa shape index (κ1) is 12.9. The van der Waals surface area contributed by atoms with E-state index in [4.69, 9.17) is 26.6 Å². The summed E-state index contributed by atoms with van der Waals surface area (Å²) >= 11 is 6.37. The number of aromatic nitrogens is 2. The third-order valence-corrected chi connectivity index (χ3v) is 3.85. The van der Waals surface area contributed by atoms with Crippen molar-refractivity contribution in [2.45, 2.75) is 6.92 Å². The first-order valence-corrected chi connectivity index (χ1v) is 6.46. The lowest BCUT2D eigenvalue weighted by Gasteiger charge is -2.06. The third-order valence-electron chi connectivity index (χ3n) is 3.54. The van der Waals surface area contributed by atoms with Crippen molar-refractivity contribution in [3.05, 3.63) is 28.9 Å². The summed E-state index contributed by atoms with van der Waals surface area (Å²) in [6, 6.07) is 5.35. The summed E-state index contributed by atoms with van der Waals surface area (Å²) in [5.74, 6) is 1.70. The van der Waals surface area contributed by atoms with Gasteiger partial charge in [-0.25, -0.2) is 0 Å². The van der Waals surface area contributed by atoms with Gasteiger partial charge in [0, 0.05) is 24.2 Å². The predicted molar refractivity (Wildman–Crippen MR) is 79.1 cm³/mol. The van der Waals surface area contributed by atoms with Gasteiger partial charge in [-0.1, -0.05) is 16.8 Å². The maximum Gasteiger partial charge on any atom is 0.171 e. The molecule has 2 N–H and O–H groups in total. The molecule has 0 amide bonds. The highest BCUT2D eigenvalue weighted by molar-refractivity contribution is 6.37. The number of methoxy groups -OCH3 is 1. The summed E-state index contributed by atoms with van der Waals surface area (Å²) in [6.07, 6.45) is 0. The van der Waals surface area contributed by atoms with E-state index in [9.17, 15) is 0 Å². The van der Waals surface area contributed by atoms with Crippen LogP contribution in [0.5, 0.6) is 5.75 Å². The number of anilines is 1. The maximum atomic E-state index is 6.37. The van der Waals surface area contributed by atoms with Gasteiger partial charge in [0.1, 0.15) is 5.75 Å². The number of nitrogens with two attached hydrogens (primary N) is 1. The first-order chi connectivity index (χ1) is 9.54. The molecule has 20 heavy (non-hydrogen) atoms. The van der Waals surface area contributed by atoms with E-state index in [0.717, 1.165) is 27.9 Å². The second-order valence-corrected chi connectivity index (χ2v) is 5.02. The molecule has 0 aliphatic carbocycles. The van der Waals surface area contributed by atoms with Crippen LogP contribution in [0.2, 0.25) is 5.02 Å². The summed E-state index contributed by atoms with van der Waals surface area (Å²) in [5, 5.41) is 5.25. The van der Waals surface area contributed by atoms with E-state index in [0.29, 0.717) is 16.6 Å². The lowest BCUT2D eigenvalue weighted by Crippen LogP contribution is -1.93. The zero-order valence-electron chi connectivity index (χ0n) is 11.4. The van der Waals surface area contributed by atoms with Crippen molar-refractivity contribution in [2.75, 3.05) is 12.8 Å². The topological polar surface area (TPSA) is 66.2 Å². The number of hydrogen-bond donors (Lipinski definition) is 1. The van der Waals surface area contributed by atoms with Gasteiger partial charge in [-0.15, -0.1) is 0 Å². The molecule has 0 saturated heterocycles. The first-order valence-electron chi connectivity index (χ1n) is 6.08. The fourth-order valence-electron chi connectivity index (χ4n) is 2.51. The minimum Gasteiger partial charge on any atom is -0.495 e. The Hall–Kier alpha value is -2.14. The van der Waals surface area contributed by atoms with Gasteiger partial charge in [-0.2, -0.15) is 0 Å². The molecule has 3 aromatic rings. The lowest BCUT2D eigenvalue weighted by molar-refractivity contribution is 0.418. The molecule has 2 heterocycles. The molecule has 0 aliphatic heterocycles. The molecule has 1 aromatic carbocycles. The molecule has 0 saturated carbocycles. The van der Waals surface area contributed by atoms with Crippen LogP contribution in [0.3, 0.4) is 0 Å². The Kier molecular flexibility index (Phi) is 2.87. The van der Waals surface area contributed by atoms with E-state index >= 15 is 0 Å². The number of nitrogen functional groups attached to an aromatic ring is 1. The molecule has 0 aliphatic rings. The van der Waals surface area contributed by atoms with Crippen LogP contribution >= 0.6 is 11.6 Å². The van der Waals surface area contributed by atoms with E-state index in [1.807, 2.05) is 30.7 Å². The number of rotatable bonds is 2. The molecule has 0 fully saturated rings. The molecule has 5 nitrogen and oxygen atoms in total. The molecule has 0 atom stereocenters. The van der Waals surface area contributed by atoms with Crippen LogP contribution in [0, 0.1) is 6.92 Å². The van der Waals surface area contributed by atoms with E-state index in [1.54, 1.807) is 13.2 Å². The van der Waals surface area contributed by atoms with Crippen molar-refractivity contribution in [2.24, 2.45) is 7.05 Å². The van der Waals surface area contributed by atoms with Gasteiger partial charge in [-0.05, 0) is 19.1 Å². The molecule has 3 rings (SSSR count). The van der Waals surface area contributed by atoms with Crippen molar-refractivity contribution in [1.82, 2.24) is 9.72 Å². The van der Waals surface area contributed by atoms with Crippen LogP contribution in [0.1, 0.15) is 5.69 Å². The van der Waals surface area contributed by atoms with Crippen LogP contribution in [0.25, 0.3) is 22.2 Å². The molecule has 2 aromatic heterocycles. The fourth-order valence-corrected chi connectivity index (χ4v) is 2.75. The van der Waals surface area contributed by atoms with Gasteiger partial charge in [0.25, 0.3) is 0 Å². The summed E-state index contributed by atoms with van der Waals surface area (Å²) in [6.45, 7) is 1.99. The monoisotopic (exact) mass is 291 g/mol. The van der Waals surface area contributed by atoms with Gasteiger partial charge in [-0.3, -0.25) is 0 Å². The minimum atomic E-state index is 0.343. The van der Waals surface area contributed by atoms with Gasteiger partial charge in [0.2, 0.25) is 0 Å². The van der Waals surface area contributed by atoms with E-state index < -0.39 is 0 Å². The Labute approximate surface area is 120 Å². The average Bonchev–Trinajstić information content (AvgIpc) is 2.95. The fraction of sp³-hybridized carbons (Fsp3) is 0.214. The van der Waals surface area contributed by atoms with Crippen molar-refractivity contribution in [3.8, 4) is 17.1 Å². The molecule has 0 spiro atoms. The van der Waals surface area contributed by atoms with E-state index in [1.165, 1.54) is 0 Å². The van der Waals surface area contributed by atoms with Crippen LogP contribution < -0.4 is 10.5 Å². The van der Waals surface area contributed by atoms with E-state index in [2.05, 4.69) is 5.16 Å². The normalized spacial score (nSPS) is 11.2. The zero-order valence-corrected chi connectivity index (χ0v) is 12.2. The highest BCUT2D eigenvalue weighted by atomic mass is 35.5. The lowest BCUT2D eigenvalue weighted by atomic mass is 10.1. The van der Waals surface area contributed by atoms with Crippen molar-refractivity contribution >= 4 is 28.3 Å². The molecular weight excluding hydrogens is 278 g/mol. The number of hydrogen-bond acceptors (Lipinski definition) is 4. The quantitative estimate of drug-likeness (QED) is 0.786. The predicted octanol–water partition coefficient (Wildman–Crippen LogP) is 3.39. The van der Waals surface area contributed by atoms with Crippen LogP contribution in [-0.2, 0) is 7.05 Å². The Balaban J connectivity index is 2.46. The van der Waals surface area contributed by atoms with Gasteiger partial charge in [0.15, 0.2) is 11.6 Å². The Morgan fingerprint density at radius 3 is 2.75 bits per heavy atom. The summed E-state index contributed by atoms with van der Waals surface area (Å²) in [5.41, 5.74) is 8.45. The highest BCUT2D eigenvalue weighted by Gasteiger charge is 2.22. The molecule has 6 heteroatoms. The minimum absolute atomic E-state index is 0.343. The highest BCUT2D eigenvalue weighted by Crippen LogP contribution is 2.42. The number of benzene rings is 1. The van der Waals surface area contributed by atoms with Crippen molar-refractivity contribution in [1.29, 1.82) is 0 Å². The smallest absolute Gasteiger partial charge is 0.171 e. The van der Waals surface area contributed by atoms with Gasteiger partial charge >= 0.3 is 0 Å². The Morgan fingerprint density at radius 1 is 1.40 bits per heavy atom. The molecule has 0 unspecified atom stereocenters. The standard InChI is InChI=1S/C14H14ClN3O2/c1-7-12(10-6-11(16)17-20-10)13-8(15)4-5-9(19-3)14(13)18(7)2/h4-6H,1-3H3,(H2,16,17). The third kappa shape index (κ3) is 1.67. The number of fused-ring (bicyclic) bond motifs is 1.